The summed E-state index contributed by atoms with van der Waals surface area (Å²) in [6.45, 7) is 0.783. The first-order valence-electron chi connectivity index (χ1n) is 7.11. The molecule has 0 bridgehead atoms. The molecule has 0 saturated carbocycles. The summed E-state index contributed by atoms with van der Waals surface area (Å²) >= 11 is 0. The lowest BCUT2D eigenvalue weighted by atomic mass is 10.1. The van der Waals surface area contributed by atoms with Crippen molar-refractivity contribution in [2.45, 2.75) is 19.4 Å². The third-order valence-electron chi connectivity index (χ3n) is 3.55. The van der Waals surface area contributed by atoms with Crippen LogP contribution in [0.25, 0.3) is 22.3 Å². The second-order valence-corrected chi connectivity index (χ2v) is 5.02. The second kappa shape index (κ2) is 5.44. The topological polar surface area (TPSA) is 85.4 Å². The Morgan fingerprint density at radius 2 is 2.23 bits per heavy atom. The standard InChI is InChI=1S/C15H14N6O/c1-3-12(11-6-7-17-13(11)4-1)15-19-14(22-20-15)5-2-8-21-10-16-9-18-21/h1,3-4,6-7,9-10,17H,2,5,8H2. The predicted molar refractivity (Wildman–Crippen MR) is 79.9 cm³/mol. The Bertz CT molecular complexity index is 876. The van der Waals surface area contributed by atoms with Crippen LogP contribution in [-0.4, -0.2) is 29.9 Å². The van der Waals surface area contributed by atoms with Crippen molar-refractivity contribution in [1.29, 1.82) is 0 Å². The second-order valence-electron chi connectivity index (χ2n) is 5.02. The van der Waals surface area contributed by atoms with Gasteiger partial charge in [-0.05, 0) is 18.6 Å². The smallest absolute Gasteiger partial charge is 0.227 e. The zero-order valence-corrected chi connectivity index (χ0v) is 11.8. The van der Waals surface area contributed by atoms with E-state index in [1.165, 1.54) is 6.33 Å². The van der Waals surface area contributed by atoms with E-state index in [2.05, 4.69) is 25.2 Å². The molecular weight excluding hydrogens is 280 g/mol. The zero-order chi connectivity index (χ0) is 14.8. The Morgan fingerprint density at radius 1 is 1.23 bits per heavy atom. The van der Waals surface area contributed by atoms with Gasteiger partial charge in [-0.25, -0.2) is 4.98 Å². The van der Waals surface area contributed by atoms with Crippen LogP contribution in [0, 0.1) is 0 Å². The maximum absolute atomic E-state index is 5.35. The number of benzene rings is 1. The highest BCUT2D eigenvalue weighted by Crippen LogP contribution is 2.25. The molecule has 0 atom stereocenters. The number of aryl methyl sites for hydroxylation is 2. The monoisotopic (exact) mass is 294 g/mol. The minimum Gasteiger partial charge on any atom is -0.361 e. The van der Waals surface area contributed by atoms with Gasteiger partial charge in [0.15, 0.2) is 0 Å². The van der Waals surface area contributed by atoms with Crippen LogP contribution in [0.2, 0.25) is 0 Å². The van der Waals surface area contributed by atoms with E-state index in [0.717, 1.165) is 35.9 Å². The number of nitrogens with one attached hydrogen (secondary N) is 1. The van der Waals surface area contributed by atoms with Crippen LogP contribution in [0.5, 0.6) is 0 Å². The molecular formula is C15H14N6O. The third kappa shape index (κ3) is 2.37. The molecule has 4 aromatic rings. The molecule has 0 fully saturated rings. The van der Waals surface area contributed by atoms with E-state index in [1.54, 1.807) is 11.0 Å². The first-order chi connectivity index (χ1) is 10.9. The number of rotatable bonds is 5. The lowest BCUT2D eigenvalue weighted by Crippen LogP contribution is -2.00. The Hall–Kier alpha value is -2.96. The molecule has 3 heterocycles. The zero-order valence-electron chi connectivity index (χ0n) is 11.8. The van der Waals surface area contributed by atoms with E-state index >= 15 is 0 Å². The van der Waals surface area contributed by atoms with Gasteiger partial charge in [0, 0.05) is 35.6 Å². The fourth-order valence-electron chi connectivity index (χ4n) is 2.49. The molecule has 0 aliphatic heterocycles. The molecule has 1 N–H and O–H groups in total. The van der Waals surface area contributed by atoms with Crippen LogP contribution in [0.3, 0.4) is 0 Å². The summed E-state index contributed by atoms with van der Waals surface area (Å²) in [4.78, 5) is 11.6. The third-order valence-corrected chi connectivity index (χ3v) is 3.55. The Balaban J connectivity index is 1.50. The first-order valence-corrected chi connectivity index (χ1v) is 7.11. The number of fused-ring (bicyclic) bond motifs is 1. The molecule has 0 amide bonds. The van der Waals surface area contributed by atoms with Crippen molar-refractivity contribution in [2.24, 2.45) is 0 Å². The molecule has 0 aliphatic rings. The molecule has 1 aromatic carbocycles. The van der Waals surface area contributed by atoms with Crippen LogP contribution in [-0.2, 0) is 13.0 Å². The molecule has 7 heteroatoms. The lowest BCUT2D eigenvalue weighted by Gasteiger charge is -1.97. The van der Waals surface area contributed by atoms with E-state index in [1.807, 2.05) is 30.5 Å². The average molecular weight is 294 g/mol. The summed E-state index contributed by atoms with van der Waals surface area (Å²) in [6, 6.07) is 8.03. The van der Waals surface area contributed by atoms with Gasteiger partial charge >= 0.3 is 0 Å². The highest BCUT2D eigenvalue weighted by molar-refractivity contribution is 5.93. The summed E-state index contributed by atoms with van der Waals surface area (Å²) in [5.74, 6) is 1.27. The Kier molecular flexibility index (Phi) is 3.15. The minimum absolute atomic E-state index is 0.626. The van der Waals surface area contributed by atoms with Crippen molar-refractivity contribution in [1.82, 2.24) is 29.9 Å². The van der Waals surface area contributed by atoms with Crippen molar-refractivity contribution in [3.63, 3.8) is 0 Å². The van der Waals surface area contributed by atoms with E-state index in [9.17, 15) is 0 Å². The summed E-state index contributed by atoms with van der Waals surface area (Å²) < 4.78 is 7.14. The molecule has 7 nitrogen and oxygen atoms in total. The van der Waals surface area contributed by atoms with Crippen LogP contribution >= 0.6 is 0 Å². The molecule has 0 aliphatic carbocycles. The SMILES string of the molecule is c1cc(-c2noc(CCCn3cncn3)n2)c2cc[nH]c2c1. The van der Waals surface area contributed by atoms with Gasteiger partial charge in [-0.15, -0.1) is 0 Å². The summed E-state index contributed by atoms with van der Waals surface area (Å²) in [7, 11) is 0. The van der Waals surface area contributed by atoms with Crippen LogP contribution in [0.15, 0.2) is 47.6 Å². The lowest BCUT2D eigenvalue weighted by molar-refractivity contribution is 0.371. The average Bonchev–Trinajstić information content (AvgIpc) is 3.28. The van der Waals surface area contributed by atoms with E-state index < -0.39 is 0 Å². The van der Waals surface area contributed by atoms with Gasteiger partial charge in [0.1, 0.15) is 12.7 Å². The molecule has 0 unspecified atom stereocenters. The highest BCUT2D eigenvalue weighted by Gasteiger charge is 2.11. The fourth-order valence-corrected chi connectivity index (χ4v) is 2.49. The molecule has 110 valence electrons. The van der Waals surface area contributed by atoms with Gasteiger partial charge in [-0.2, -0.15) is 10.1 Å². The van der Waals surface area contributed by atoms with Crippen molar-refractivity contribution < 1.29 is 4.52 Å². The fraction of sp³-hybridized carbons (Fsp3) is 0.200. The van der Waals surface area contributed by atoms with E-state index in [0.29, 0.717) is 11.7 Å². The van der Waals surface area contributed by atoms with Gasteiger partial charge in [0.25, 0.3) is 0 Å². The largest absolute Gasteiger partial charge is 0.361 e. The number of hydrogen-bond donors (Lipinski definition) is 1. The van der Waals surface area contributed by atoms with Crippen LogP contribution in [0.1, 0.15) is 12.3 Å². The number of aromatic amines is 1. The predicted octanol–water partition coefficient (Wildman–Crippen LogP) is 2.44. The number of hydrogen-bond acceptors (Lipinski definition) is 5. The van der Waals surface area contributed by atoms with Crippen molar-refractivity contribution in [3.05, 3.63) is 49.0 Å². The molecule has 0 spiro atoms. The number of H-pyrrole nitrogens is 1. The normalized spacial score (nSPS) is 11.3. The van der Waals surface area contributed by atoms with Gasteiger partial charge in [0.05, 0.1) is 0 Å². The molecule has 3 aromatic heterocycles. The van der Waals surface area contributed by atoms with Gasteiger partial charge in [-0.1, -0.05) is 17.3 Å². The summed E-state index contributed by atoms with van der Waals surface area (Å²) in [5.41, 5.74) is 2.04. The van der Waals surface area contributed by atoms with Crippen molar-refractivity contribution in [2.75, 3.05) is 0 Å². The van der Waals surface area contributed by atoms with E-state index in [-0.39, 0.29) is 0 Å². The molecule has 0 radical (unpaired) electrons. The van der Waals surface area contributed by atoms with Crippen LogP contribution in [0.4, 0.5) is 0 Å². The highest BCUT2D eigenvalue weighted by atomic mass is 16.5. The summed E-state index contributed by atoms with van der Waals surface area (Å²) in [6.07, 6.45) is 6.73. The van der Waals surface area contributed by atoms with Gasteiger partial charge < -0.3 is 9.51 Å². The minimum atomic E-state index is 0.626. The Labute approximate surface area is 126 Å². The first kappa shape index (κ1) is 12.8. The van der Waals surface area contributed by atoms with Gasteiger partial charge in [0.2, 0.25) is 11.7 Å². The molecule has 22 heavy (non-hydrogen) atoms. The Morgan fingerprint density at radius 3 is 3.14 bits per heavy atom. The maximum Gasteiger partial charge on any atom is 0.227 e. The maximum atomic E-state index is 5.35. The van der Waals surface area contributed by atoms with Crippen LogP contribution < -0.4 is 0 Å². The van der Waals surface area contributed by atoms with Gasteiger partial charge in [-0.3, -0.25) is 4.68 Å². The molecule has 0 saturated heterocycles. The quantitative estimate of drug-likeness (QED) is 0.611. The number of aromatic nitrogens is 6. The summed E-state index contributed by atoms with van der Waals surface area (Å²) in [5, 5.41) is 9.26. The van der Waals surface area contributed by atoms with Crippen molar-refractivity contribution in [3.8, 4) is 11.4 Å². The molecule has 4 rings (SSSR count). The van der Waals surface area contributed by atoms with E-state index in [4.69, 9.17) is 4.52 Å². The van der Waals surface area contributed by atoms with Crippen molar-refractivity contribution >= 4 is 10.9 Å². The number of nitrogens with zero attached hydrogens (tertiary/aromatic N) is 5.